The van der Waals surface area contributed by atoms with E-state index < -0.39 is 46.2 Å². The van der Waals surface area contributed by atoms with Gasteiger partial charge in [0.15, 0.2) is 10.8 Å². The molecule has 0 bridgehead atoms. The van der Waals surface area contributed by atoms with Gasteiger partial charge in [0.1, 0.15) is 17.4 Å². The normalized spacial score (nSPS) is 54.1. The van der Waals surface area contributed by atoms with Crippen molar-refractivity contribution in [3.05, 3.63) is 11.6 Å². The molecule has 29 heavy (non-hydrogen) atoms. The molecule has 0 saturated heterocycles. The Morgan fingerprint density at radius 1 is 1.31 bits per heavy atom. The fraction of sp³-hybridized carbons (Fsp3) is 0.818. The molecule has 3 saturated carbocycles. The number of allylic oxidation sites excluding steroid dienone is 1. The van der Waals surface area contributed by atoms with E-state index in [1.807, 2.05) is 6.92 Å². The highest BCUT2D eigenvalue weighted by atomic mass is 32.1. The third-order valence-electron chi connectivity index (χ3n) is 9.01. The predicted molar refractivity (Wildman–Crippen MR) is 108 cm³/mol. The van der Waals surface area contributed by atoms with Crippen LogP contribution in [0.2, 0.25) is 0 Å². The van der Waals surface area contributed by atoms with Crippen molar-refractivity contribution in [2.24, 2.45) is 28.6 Å². The number of aliphatic hydroxyl groups excluding tert-OH is 1. The first-order valence-corrected chi connectivity index (χ1v) is 10.9. The Hall–Kier alpha value is -0.920. The molecule has 0 amide bonds. The van der Waals surface area contributed by atoms with Crippen molar-refractivity contribution in [1.29, 1.82) is 0 Å². The minimum atomic E-state index is -2.07. The third kappa shape index (κ3) is 2.35. The Morgan fingerprint density at radius 2 is 1.97 bits per heavy atom. The predicted octanol–water partition coefficient (Wildman–Crippen LogP) is 3.48. The zero-order valence-corrected chi connectivity index (χ0v) is 18.2. The number of hydrogen-bond donors (Lipinski definition) is 2. The van der Waals surface area contributed by atoms with Gasteiger partial charge < -0.3 is 14.9 Å². The molecule has 4 aliphatic rings. The van der Waals surface area contributed by atoms with Crippen LogP contribution >= 0.6 is 12.2 Å². The molecule has 0 aromatic carbocycles. The molecule has 4 nitrogen and oxygen atoms in total. The lowest BCUT2D eigenvalue weighted by molar-refractivity contribution is -0.227. The van der Waals surface area contributed by atoms with Crippen LogP contribution in [0.4, 0.5) is 8.78 Å². The van der Waals surface area contributed by atoms with E-state index in [0.29, 0.717) is 12.8 Å². The quantitative estimate of drug-likeness (QED) is 0.626. The van der Waals surface area contributed by atoms with Crippen LogP contribution in [0.15, 0.2) is 11.6 Å². The maximum absolute atomic E-state index is 17.0. The van der Waals surface area contributed by atoms with Crippen LogP contribution in [0.1, 0.15) is 52.9 Å². The molecular formula is C22H30F2O4S. The number of alkyl halides is 2. The number of carbonyl (C=O) groups is 1. The topological polar surface area (TPSA) is 66.8 Å². The average molecular weight is 429 g/mol. The van der Waals surface area contributed by atoms with Gasteiger partial charge in [-0.1, -0.05) is 20.8 Å². The molecule has 0 heterocycles. The molecule has 4 rings (SSSR count). The Labute approximate surface area is 175 Å². The van der Waals surface area contributed by atoms with E-state index in [9.17, 15) is 15.0 Å². The van der Waals surface area contributed by atoms with Gasteiger partial charge in [0.2, 0.25) is 0 Å². The average Bonchev–Trinajstić information content (AvgIpc) is 2.91. The van der Waals surface area contributed by atoms with Crippen molar-refractivity contribution < 1.29 is 28.5 Å². The fourth-order valence-corrected chi connectivity index (χ4v) is 7.73. The van der Waals surface area contributed by atoms with E-state index >= 15 is 8.78 Å². The second-order valence-electron chi connectivity index (χ2n) is 10.2. The van der Waals surface area contributed by atoms with Gasteiger partial charge in [-0.25, -0.2) is 8.78 Å². The molecule has 0 spiro atoms. The summed E-state index contributed by atoms with van der Waals surface area (Å²) >= 11 is 5.28. The Morgan fingerprint density at radius 3 is 2.59 bits per heavy atom. The summed E-state index contributed by atoms with van der Waals surface area (Å²) in [6, 6.07) is 0. The summed E-state index contributed by atoms with van der Waals surface area (Å²) in [5, 5.41) is 22.6. The zero-order chi connectivity index (χ0) is 21.6. The van der Waals surface area contributed by atoms with Crippen molar-refractivity contribution in [3.63, 3.8) is 0 Å². The lowest BCUT2D eigenvalue weighted by atomic mass is 9.43. The van der Waals surface area contributed by atoms with E-state index in [1.165, 1.54) is 13.2 Å². The molecule has 162 valence electrons. The van der Waals surface area contributed by atoms with Gasteiger partial charge in [0, 0.05) is 22.7 Å². The number of fused-ring (bicyclic) bond motifs is 5. The Balaban J connectivity index is 1.84. The molecule has 4 aliphatic carbocycles. The number of hydrogen-bond acceptors (Lipinski definition) is 5. The molecular weight excluding hydrogens is 398 g/mol. The minimum absolute atomic E-state index is 0.00676. The van der Waals surface area contributed by atoms with Gasteiger partial charge in [-0.05, 0) is 61.9 Å². The monoisotopic (exact) mass is 428 g/mol. The SMILES string of the molecule is COC(=S)[C@@]1(O)CC[C@H]2[C@@H]3C[C@H](F)C4=CC(=O)C(C)C[C@]4(C)[C@@]3(F)[C@@H](O)C[C@@]21C. The summed E-state index contributed by atoms with van der Waals surface area (Å²) in [6.45, 7) is 5.20. The first kappa shape index (κ1) is 21.3. The third-order valence-corrected chi connectivity index (χ3v) is 9.51. The van der Waals surface area contributed by atoms with E-state index in [4.69, 9.17) is 17.0 Å². The fourth-order valence-electron chi connectivity index (χ4n) is 7.40. The van der Waals surface area contributed by atoms with Crippen molar-refractivity contribution in [2.45, 2.75) is 76.4 Å². The summed E-state index contributed by atoms with van der Waals surface area (Å²) in [4.78, 5) is 12.2. The van der Waals surface area contributed by atoms with Crippen LogP contribution in [-0.2, 0) is 9.53 Å². The Bertz CT molecular complexity index is 802. The molecule has 0 aromatic heterocycles. The second kappa shape index (κ2) is 6.30. The van der Waals surface area contributed by atoms with Crippen molar-refractivity contribution in [1.82, 2.24) is 0 Å². The first-order valence-electron chi connectivity index (χ1n) is 10.4. The zero-order valence-electron chi connectivity index (χ0n) is 17.4. The number of thiocarbonyl (C=S) groups is 1. The lowest BCUT2D eigenvalue weighted by Crippen LogP contribution is -2.71. The summed E-state index contributed by atoms with van der Waals surface area (Å²) in [5.41, 5.74) is -5.52. The smallest absolute Gasteiger partial charge is 0.192 e. The molecule has 1 unspecified atom stereocenters. The molecule has 0 aliphatic heterocycles. The Kier molecular flexibility index (Phi) is 4.63. The maximum atomic E-state index is 17.0. The van der Waals surface area contributed by atoms with Crippen molar-refractivity contribution in [3.8, 4) is 0 Å². The molecule has 9 atom stereocenters. The standard InChI is InChI=1S/C22H30F2O4S/c1-11-9-20(3)14(8-16(11)25)15(23)7-13-12-5-6-21(27,18(29)28-4)19(12,2)10-17(26)22(13,20)24/h8,11-13,15,17,26-27H,5-7,9-10H2,1-4H3/t11?,12-,13-,15-,17-,19-,20-,21-,22-/m0/s1. The van der Waals surface area contributed by atoms with Gasteiger partial charge in [0.25, 0.3) is 0 Å². The largest absolute Gasteiger partial charge is 0.488 e. The number of rotatable bonds is 1. The van der Waals surface area contributed by atoms with Crippen LogP contribution in [0.5, 0.6) is 0 Å². The molecule has 7 heteroatoms. The van der Waals surface area contributed by atoms with Gasteiger partial charge in [-0.3, -0.25) is 4.79 Å². The number of ketones is 1. The molecule has 2 N–H and O–H groups in total. The number of halogens is 2. The lowest BCUT2D eigenvalue weighted by Gasteiger charge is -2.64. The maximum Gasteiger partial charge on any atom is 0.192 e. The summed E-state index contributed by atoms with van der Waals surface area (Å²) in [7, 11) is 1.40. The van der Waals surface area contributed by atoms with Crippen LogP contribution in [0, 0.1) is 28.6 Å². The molecule has 0 aromatic rings. The molecule has 0 radical (unpaired) electrons. The van der Waals surface area contributed by atoms with Crippen molar-refractivity contribution >= 4 is 23.1 Å². The summed E-state index contributed by atoms with van der Waals surface area (Å²) in [6.07, 6.45) is -0.711. The molecule has 3 fully saturated rings. The van der Waals surface area contributed by atoms with Crippen molar-refractivity contribution in [2.75, 3.05) is 7.11 Å². The van der Waals surface area contributed by atoms with Gasteiger partial charge >= 0.3 is 0 Å². The van der Waals surface area contributed by atoms with Gasteiger partial charge in [-0.2, -0.15) is 0 Å². The second-order valence-corrected chi connectivity index (χ2v) is 10.5. The van der Waals surface area contributed by atoms with Crippen LogP contribution in [-0.4, -0.2) is 51.7 Å². The summed E-state index contributed by atoms with van der Waals surface area (Å²) in [5.74, 6) is -1.73. The van der Waals surface area contributed by atoms with E-state index in [0.717, 1.165) is 0 Å². The van der Waals surface area contributed by atoms with Crippen LogP contribution in [0.3, 0.4) is 0 Å². The number of aliphatic hydroxyl groups is 2. The highest BCUT2D eigenvalue weighted by molar-refractivity contribution is 7.80. The minimum Gasteiger partial charge on any atom is -0.488 e. The number of ether oxygens (including phenoxy) is 1. The van der Waals surface area contributed by atoms with E-state index in [-0.39, 0.29) is 41.6 Å². The highest BCUT2D eigenvalue weighted by Gasteiger charge is 2.75. The van der Waals surface area contributed by atoms with Crippen LogP contribution in [0.25, 0.3) is 0 Å². The van der Waals surface area contributed by atoms with Crippen LogP contribution < -0.4 is 0 Å². The van der Waals surface area contributed by atoms with E-state index in [2.05, 4.69) is 0 Å². The van der Waals surface area contributed by atoms with Gasteiger partial charge in [0.05, 0.1) is 13.2 Å². The first-order chi connectivity index (χ1) is 13.4. The number of carbonyl (C=O) groups excluding carboxylic acids is 1. The highest BCUT2D eigenvalue weighted by Crippen LogP contribution is 2.70. The number of methoxy groups -OCH3 is 1. The van der Waals surface area contributed by atoms with Gasteiger partial charge in [-0.15, -0.1) is 0 Å². The summed E-state index contributed by atoms with van der Waals surface area (Å²) < 4.78 is 37.6. The van der Waals surface area contributed by atoms with E-state index in [1.54, 1.807) is 13.8 Å².